The lowest BCUT2D eigenvalue weighted by molar-refractivity contribution is 0.169. The Hall–Kier alpha value is -1.82. The molecule has 1 saturated carbocycles. The third-order valence-corrected chi connectivity index (χ3v) is 6.63. The van der Waals surface area contributed by atoms with Crippen LogP contribution in [-0.4, -0.2) is 0 Å². The number of hydrogen-bond donors (Lipinski definition) is 0. The molecule has 4 atom stereocenters. The third kappa shape index (κ3) is 5.34. The molecule has 3 rings (SSSR count). The Bertz CT molecular complexity index is 684. The molecular formula is C27H36. The third-order valence-electron chi connectivity index (χ3n) is 6.63. The minimum Gasteiger partial charge on any atom is -0.0992 e. The number of hydrogen-bond acceptors (Lipinski definition) is 0. The van der Waals surface area contributed by atoms with Gasteiger partial charge in [-0.3, -0.25) is 0 Å². The van der Waals surface area contributed by atoms with Crippen LogP contribution in [0.5, 0.6) is 0 Å². The molecular weight excluding hydrogens is 324 g/mol. The molecule has 2 aromatic rings. The van der Waals surface area contributed by atoms with Gasteiger partial charge in [-0.1, -0.05) is 99.5 Å². The lowest BCUT2D eigenvalue weighted by Crippen LogP contribution is -2.29. The second-order valence-electron chi connectivity index (χ2n) is 8.64. The molecule has 0 heteroatoms. The van der Waals surface area contributed by atoms with Crippen LogP contribution >= 0.6 is 0 Å². The standard InChI is InChI=1S/C27H36/c1-4-11-21(2)27(25-14-9-6-10-15-25)26-19-18-24(20-22(26)3)17-16-23-12-7-5-8-13-23/h5-10,12-15,22,24,26-27H,2,4,11,16-20H2,1,3H3. The molecule has 1 aliphatic rings. The Kier molecular flexibility index (Phi) is 7.33. The maximum absolute atomic E-state index is 4.53. The zero-order valence-electron chi connectivity index (χ0n) is 17.2. The number of allylic oxidation sites excluding steroid dienone is 1. The monoisotopic (exact) mass is 360 g/mol. The van der Waals surface area contributed by atoms with Gasteiger partial charge in [0.05, 0.1) is 0 Å². The van der Waals surface area contributed by atoms with Crippen molar-refractivity contribution in [3.63, 3.8) is 0 Å². The lowest BCUT2D eigenvalue weighted by Gasteiger charge is -2.40. The van der Waals surface area contributed by atoms with E-state index in [2.05, 4.69) is 81.1 Å². The molecule has 0 radical (unpaired) electrons. The molecule has 0 nitrogen and oxygen atoms in total. The molecule has 0 heterocycles. The molecule has 0 spiro atoms. The van der Waals surface area contributed by atoms with Gasteiger partial charge in [0.1, 0.15) is 0 Å². The average Bonchev–Trinajstić information content (AvgIpc) is 2.70. The highest BCUT2D eigenvalue weighted by Gasteiger charge is 2.34. The number of aryl methyl sites for hydroxylation is 1. The normalized spacial score (nSPS) is 23.7. The van der Waals surface area contributed by atoms with E-state index in [1.54, 1.807) is 0 Å². The van der Waals surface area contributed by atoms with Gasteiger partial charge in [0.25, 0.3) is 0 Å². The van der Waals surface area contributed by atoms with Crippen molar-refractivity contribution in [3.8, 4) is 0 Å². The zero-order chi connectivity index (χ0) is 19.1. The summed E-state index contributed by atoms with van der Waals surface area (Å²) in [7, 11) is 0. The lowest BCUT2D eigenvalue weighted by atomic mass is 9.65. The Balaban J connectivity index is 1.64. The largest absolute Gasteiger partial charge is 0.0992 e. The summed E-state index contributed by atoms with van der Waals surface area (Å²) in [5.41, 5.74) is 4.42. The van der Waals surface area contributed by atoms with E-state index in [0.29, 0.717) is 5.92 Å². The minimum absolute atomic E-state index is 0.538. The van der Waals surface area contributed by atoms with Crippen LogP contribution in [0.2, 0.25) is 0 Å². The highest BCUT2D eigenvalue weighted by molar-refractivity contribution is 5.29. The fraction of sp³-hybridized carbons (Fsp3) is 0.481. The summed E-state index contributed by atoms with van der Waals surface area (Å²) in [5.74, 6) is 2.95. The second-order valence-corrected chi connectivity index (χ2v) is 8.64. The van der Waals surface area contributed by atoms with Crippen LogP contribution in [0.3, 0.4) is 0 Å². The molecule has 0 amide bonds. The first-order chi connectivity index (χ1) is 13.2. The topological polar surface area (TPSA) is 0 Å². The first-order valence-electron chi connectivity index (χ1n) is 11.0. The molecule has 144 valence electrons. The van der Waals surface area contributed by atoms with E-state index >= 15 is 0 Å². The highest BCUT2D eigenvalue weighted by atomic mass is 14.4. The van der Waals surface area contributed by atoms with Gasteiger partial charge in [0.15, 0.2) is 0 Å². The van der Waals surface area contributed by atoms with E-state index in [9.17, 15) is 0 Å². The molecule has 27 heavy (non-hydrogen) atoms. The van der Waals surface area contributed by atoms with Gasteiger partial charge in [-0.25, -0.2) is 0 Å². The summed E-state index contributed by atoms with van der Waals surface area (Å²) >= 11 is 0. The van der Waals surface area contributed by atoms with E-state index in [0.717, 1.165) is 24.2 Å². The van der Waals surface area contributed by atoms with E-state index in [4.69, 9.17) is 0 Å². The summed E-state index contributed by atoms with van der Waals surface area (Å²) in [6, 6.07) is 22.1. The van der Waals surface area contributed by atoms with Crippen molar-refractivity contribution in [3.05, 3.63) is 83.9 Å². The van der Waals surface area contributed by atoms with Gasteiger partial charge >= 0.3 is 0 Å². The fourth-order valence-electron chi connectivity index (χ4n) is 5.23. The summed E-state index contributed by atoms with van der Waals surface area (Å²) in [6.45, 7) is 9.30. The molecule has 0 aromatic heterocycles. The summed E-state index contributed by atoms with van der Waals surface area (Å²) in [6.07, 6.45) is 9.03. The molecule has 1 fully saturated rings. The smallest absolute Gasteiger partial charge is 0.00762 e. The van der Waals surface area contributed by atoms with E-state index in [1.807, 2.05) is 0 Å². The Morgan fingerprint density at radius 2 is 1.67 bits per heavy atom. The molecule has 0 aliphatic heterocycles. The van der Waals surface area contributed by atoms with Crippen molar-refractivity contribution in [1.82, 2.24) is 0 Å². The molecule has 0 saturated heterocycles. The molecule has 4 unspecified atom stereocenters. The quantitative estimate of drug-likeness (QED) is 0.421. The van der Waals surface area contributed by atoms with Crippen LogP contribution in [0.25, 0.3) is 0 Å². The second kappa shape index (κ2) is 9.93. The first-order valence-corrected chi connectivity index (χ1v) is 11.0. The molecule has 1 aliphatic carbocycles. The van der Waals surface area contributed by atoms with Gasteiger partial charge in [-0.15, -0.1) is 0 Å². The van der Waals surface area contributed by atoms with Crippen molar-refractivity contribution in [1.29, 1.82) is 0 Å². The first kappa shape index (κ1) is 19.9. The van der Waals surface area contributed by atoms with Gasteiger partial charge in [0, 0.05) is 5.92 Å². The van der Waals surface area contributed by atoms with Gasteiger partial charge < -0.3 is 0 Å². The van der Waals surface area contributed by atoms with Gasteiger partial charge in [-0.05, 0) is 61.0 Å². The average molecular weight is 361 g/mol. The molecule has 0 N–H and O–H groups in total. The van der Waals surface area contributed by atoms with Crippen LogP contribution in [0.1, 0.15) is 69.4 Å². The molecule has 0 bridgehead atoms. The maximum Gasteiger partial charge on any atom is 0.00762 e. The molecule has 2 aromatic carbocycles. The van der Waals surface area contributed by atoms with Crippen molar-refractivity contribution in [2.24, 2.45) is 17.8 Å². The van der Waals surface area contributed by atoms with E-state index < -0.39 is 0 Å². The predicted octanol–water partition coefficient (Wildman–Crippen LogP) is 7.81. The zero-order valence-corrected chi connectivity index (χ0v) is 17.2. The van der Waals surface area contributed by atoms with Crippen molar-refractivity contribution in [2.45, 2.75) is 64.7 Å². The van der Waals surface area contributed by atoms with E-state index in [1.165, 1.54) is 55.2 Å². The number of benzene rings is 2. The Labute approximate surface area is 166 Å². The number of rotatable bonds is 8. The summed E-state index contributed by atoms with van der Waals surface area (Å²) in [4.78, 5) is 0. The van der Waals surface area contributed by atoms with Gasteiger partial charge in [0.2, 0.25) is 0 Å². The fourth-order valence-corrected chi connectivity index (χ4v) is 5.23. The van der Waals surface area contributed by atoms with Crippen molar-refractivity contribution in [2.75, 3.05) is 0 Å². The Morgan fingerprint density at radius 3 is 2.30 bits per heavy atom. The highest BCUT2D eigenvalue weighted by Crippen LogP contribution is 2.46. The summed E-state index contributed by atoms with van der Waals surface area (Å²) in [5, 5.41) is 0. The maximum atomic E-state index is 4.53. The van der Waals surface area contributed by atoms with Gasteiger partial charge in [-0.2, -0.15) is 0 Å². The van der Waals surface area contributed by atoms with Crippen LogP contribution in [0.15, 0.2) is 72.8 Å². The van der Waals surface area contributed by atoms with Crippen LogP contribution in [0, 0.1) is 17.8 Å². The Morgan fingerprint density at radius 1 is 1.00 bits per heavy atom. The van der Waals surface area contributed by atoms with Crippen LogP contribution in [-0.2, 0) is 6.42 Å². The minimum atomic E-state index is 0.538. The van der Waals surface area contributed by atoms with Crippen LogP contribution < -0.4 is 0 Å². The SMILES string of the molecule is C=C(CCC)C(c1ccccc1)C1CCC(CCc2ccccc2)CC1C. The van der Waals surface area contributed by atoms with E-state index in [-0.39, 0.29) is 0 Å². The van der Waals surface area contributed by atoms with Crippen LogP contribution in [0.4, 0.5) is 0 Å². The summed E-state index contributed by atoms with van der Waals surface area (Å²) < 4.78 is 0. The predicted molar refractivity (Wildman–Crippen MR) is 118 cm³/mol. The van der Waals surface area contributed by atoms with Crippen molar-refractivity contribution < 1.29 is 0 Å². The van der Waals surface area contributed by atoms with Crippen molar-refractivity contribution >= 4 is 0 Å².